The predicted octanol–water partition coefficient (Wildman–Crippen LogP) is -0.263. The number of nitrogens with zero attached hydrogens (tertiary/aromatic N) is 2. The molecule has 3 saturated heterocycles. The van der Waals surface area contributed by atoms with Crippen molar-refractivity contribution in [2.75, 3.05) is 32.8 Å². The number of ether oxygens (including phenoxy) is 1. The van der Waals surface area contributed by atoms with Crippen LogP contribution in [0.4, 0.5) is 0 Å². The van der Waals surface area contributed by atoms with Crippen LogP contribution in [0.5, 0.6) is 0 Å². The fraction of sp³-hybridized carbons (Fsp3) is 0.588. The van der Waals surface area contributed by atoms with Gasteiger partial charge in [-0.1, -0.05) is 0 Å². The van der Waals surface area contributed by atoms with Gasteiger partial charge in [-0.05, 0) is 18.6 Å². The summed E-state index contributed by atoms with van der Waals surface area (Å²) < 4.78 is 5.90. The second-order valence-corrected chi connectivity index (χ2v) is 7.10. The van der Waals surface area contributed by atoms with E-state index in [9.17, 15) is 14.4 Å². The average Bonchev–Trinajstić information content (AvgIpc) is 3.24. The Morgan fingerprint density at radius 1 is 1.28 bits per heavy atom. The molecule has 0 aliphatic carbocycles. The molecular weight excluding hydrogens is 324 g/mol. The molecule has 3 aliphatic heterocycles. The van der Waals surface area contributed by atoms with Crippen molar-refractivity contribution in [3.05, 3.63) is 24.0 Å². The second kappa shape index (κ2) is 6.18. The first-order valence-corrected chi connectivity index (χ1v) is 8.68. The second-order valence-electron chi connectivity index (χ2n) is 7.10. The van der Waals surface area contributed by atoms with E-state index in [2.05, 4.69) is 10.3 Å². The Balaban J connectivity index is 1.32. The van der Waals surface area contributed by atoms with Gasteiger partial charge in [0.25, 0.3) is 5.91 Å². The molecular formula is C17H22N4O4. The number of nitrogens with one attached hydrogen (secondary N) is 2. The van der Waals surface area contributed by atoms with Gasteiger partial charge < -0.3 is 24.8 Å². The molecule has 3 fully saturated rings. The number of morpholine rings is 1. The summed E-state index contributed by atoms with van der Waals surface area (Å²) in [6.07, 6.45) is 3.29. The van der Waals surface area contributed by atoms with Gasteiger partial charge in [-0.2, -0.15) is 0 Å². The summed E-state index contributed by atoms with van der Waals surface area (Å²) >= 11 is 0. The minimum Gasteiger partial charge on any atom is -0.368 e. The molecule has 25 heavy (non-hydrogen) atoms. The summed E-state index contributed by atoms with van der Waals surface area (Å²) in [7, 11) is 0. The highest BCUT2D eigenvalue weighted by Crippen LogP contribution is 2.30. The number of aromatic amines is 1. The molecule has 0 aromatic carbocycles. The molecule has 8 heteroatoms. The van der Waals surface area contributed by atoms with Crippen LogP contribution in [0, 0.1) is 0 Å². The molecule has 1 unspecified atom stereocenters. The Kier molecular flexibility index (Phi) is 3.99. The van der Waals surface area contributed by atoms with Crippen LogP contribution in [0.3, 0.4) is 0 Å². The van der Waals surface area contributed by atoms with Gasteiger partial charge in [-0.15, -0.1) is 0 Å². The molecule has 134 valence electrons. The fourth-order valence-electron chi connectivity index (χ4n) is 3.85. The Labute approximate surface area is 145 Å². The van der Waals surface area contributed by atoms with Crippen LogP contribution in [0.2, 0.25) is 0 Å². The minimum atomic E-state index is -0.449. The van der Waals surface area contributed by atoms with E-state index in [-0.39, 0.29) is 23.8 Å². The van der Waals surface area contributed by atoms with E-state index >= 15 is 0 Å². The van der Waals surface area contributed by atoms with Crippen LogP contribution in [0.15, 0.2) is 18.3 Å². The van der Waals surface area contributed by atoms with Crippen molar-refractivity contribution in [2.45, 2.75) is 30.9 Å². The van der Waals surface area contributed by atoms with Crippen LogP contribution < -0.4 is 5.32 Å². The summed E-state index contributed by atoms with van der Waals surface area (Å²) in [5.41, 5.74) is 0.116. The van der Waals surface area contributed by atoms with E-state index in [1.54, 1.807) is 23.2 Å². The standard InChI is InChI=1S/C17H22N4O4/c22-14-4-3-12(19-14)8-15(23)20-6-7-25-17(9-20)10-21(11-17)16(24)13-2-1-5-18-13/h1-2,5,12,18H,3-4,6-11H2,(H,19,22). The minimum absolute atomic E-state index is 0.0220. The van der Waals surface area contributed by atoms with Crippen molar-refractivity contribution in [2.24, 2.45) is 0 Å². The number of rotatable bonds is 3. The maximum Gasteiger partial charge on any atom is 0.270 e. The van der Waals surface area contributed by atoms with E-state index in [4.69, 9.17) is 4.74 Å². The molecule has 3 aliphatic rings. The van der Waals surface area contributed by atoms with Crippen molar-refractivity contribution in [3.8, 4) is 0 Å². The molecule has 1 spiro atoms. The quantitative estimate of drug-likeness (QED) is 0.788. The molecule has 1 aromatic heterocycles. The zero-order chi connectivity index (χ0) is 17.4. The Morgan fingerprint density at radius 2 is 2.08 bits per heavy atom. The van der Waals surface area contributed by atoms with Crippen LogP contribution >= 0.6 is 0 Å². The summed E-state index contributed by atoms with van der Waals surface area (Å²) in [6.45, 7) is 2.53. The molecule has 3 amide bonds. The van der Waals surface area contributed by atoms with Gasteiger partial charge in [0.05, 0.1) is 26.2 Å². The Morgan fingerprint density at radius 3 is 2.76 bits per heavy atom. The lowest BCUT2D eigenvalue weighted by Crippen LogP contribution is -2.71. The van der Waals surface area contributed by atoms with Gasteiger partial charge in [0.15, 0.2) is 0 Å². The maximum absolute atomic E-state index is 12.5. The number of H-pyrrole nitrogens is 1. The van der Waals surface area contributed by atoms with Gasteiger partial charge in [-0.3, -0.25) is 14.4 Å². The van der Waals surface area contributed by atoms with Crippen molar-refractivity contribution >= 4 is 17.7 Å². The van der Waals surface area contributed by atoms with E-state index < -0.39 is 5.60 Å². The van der Waals surface area contributed by atoms with E-state index in [0.717, 1.165) is 6.42 Å². The van der Waals surface area contributed by atoms with Gasteiger partial charge in [0, 0.05) is 31.6 Å². The largest absolute Gasteiger partial charge is 0.368 e. The summed E-state index contributed by atoms with van der Waals surface area (Å²) in [5.74, 6) is 0.0223. The molecule has 2 N–H and O–H groups in total. The lowest BCUT2D eigenvalue weighted by Gasteiger charge is -2.53. The molecule has 4 heterocycles. The van der Waals surface area contributed by atoms with Gasteiger partial charge in [0.2, 0.25) is 11.8 Å². The maximum atomic E-state index is 12.5. The third-order valence-electron chi connectivity index (χ3n) is 5.18. The monoisotopic (exact) mass is 346 g/mol. The Hall–Kier alpha value is -2.35. The molecule has 1 aromatic rings. The summed E-state index contributed by atoms with van der Waals surface area (Å²) in [5, 5.41) is 2.84. The summed E-state index contributed by atoms with van der Waals surface area (Å²) in [4.78, 5) is 42.6. The van der Waals surface area contributed by atoms with Crippen LogP contribution in [-0.2, 0) is 14.3 Å². The SMILES string of the molecule is O=C1CCC(CC(=O)N2CCOC3(C2)CN(C(=O)c2ccc[nH]2)C3)N1. The molecule has 8 nitrogen and oxygen atoms in total. The zero-order valence-corrected chi connectivity index (χ0v) is 14.0. The van der Waals surface area contributed by atoms with Gasteiger partial charge in [-0.25, -0.2) is 0 Å². The number of hydrogen-bond acceptors (Lipinski definition) is 4. The number of carbonyl (C=O) groups is 3. The lowest BCUT2D eigenvalue weighted by molar-refractivity contribution is -0.180. The van der Waals surface area contributed by atoms with Crippen molar-refractivity contribution in [3.63, 3.8) is 0 Å². The van der Waals surface area contributed by atoms with Crippen molar-refractivity contribution in [1.82, 2.24) is 20.1 Å². The number of aromatic nitrogens is 1. The summed E-state index contributed by atoms with van der Waals surface area (Å²) in [6, 6.07) is 3.49. The third-order valence-corrected chi connectivity index (χ3v) is 5.18. The Bertz CT molecular complexity index is 681. The van der Waals surface area contributed by atoms with Crippen LogP contribution in [-0.4, -0.2) is 76.9 Å². The van der Waals surface area contributed by atoms with E-state index in [1.807, 2.05) is 4.90 Å². The molecule has 0 saturated carbocycles. The third kappa shape index (κ3) is 3.13. The highest BCUT2D eigenvalue weighted by atomic mass is 16.5. The first kappa shape index (κ1) is 16.1. The molecule has 0 bridgehead atoms. The topological polar surface area (TPSA) is 94.7 Å². The molecule has 1 atom stereocenters. The van der Waals surface area contributed by atoms with Crippen LogP contribution in [0.1, 0.15) is 29.8 Å². The molecule has 0 radical (unpaired) electrons. The highest BCUT2D eigenvalue weighted by molar-refractivity contribution is 5.93. The number of hydrogen-bond donors (Lipinski definition) is 2. The zero-order valence-electron chi connectivity index (χ0n) is 14.0. The first-order chi connectivity index (χ1) is 12.0. The number of amides is 3. The van der Waals surface area contributed by atoms with Gasteiger partial charge >= 0.3 is 0 Å². The van der Waals surface area contributed by atoms with Crippen molar-refractivity contribution < 1.29 is 19.1 Å². The van der Waals surface area contributed by atoms with E-state index in [1.165, 1.54) is 0 Å². The molecule has 4 rings (SSSR count). The normalized spacial score (nSPS) is 25.0. The van der Waals surface area contributed by atoms with Crippen molar-refractivity contribution in [1.29, 1.82) is 0 Å². The van der Waals surface area contributed by atoms with Gasteiger partial charge in [0.1, 0.15) is 11.3 Å². The highest BCUT2D eigenvalue weighted by Gasteiger charge is 2.50. The van der Waals surface area contributed by atoms with Crippen LogP contribution in [0.25, 0.3) is 0 Å². The average molecular weight is 346 g/mol. The smallest absolute Gasteiger partial charge is 0.270 e. The van der Waals surface area contributed by atoms with E-state index in [0.29, 0.717) is 51.3 Å². The lowest BCUT2D eigenvalue weighted by atomic mass is 9.91. The first-order valence-electron chi connectivity index (χ1n) is 8.68. The number of likely N-dealkylation sites (tertiary alicyclic amines) is 1. The fourth-order valence-corrected chi connectivity index (χ4v) is 3.85. The predicted molar refractivity (Wildman–Crippen MR) is 87.7 cm³/mol. The number of carbonyl (C=O) groups excluding carboxylic acids is 3.